The lowest BCUT2D eigenvalue weighted by Crippen LogP contribution is -2.37. The average molecular weight is 502 g/mol. The van der Waals surface area contributed by atoms with Crippen molar-refractivity contribution in [3.63, 3.8) is 0 Å². The summed E-state index contributed by atoms with van der Waals surface area (Å²) < 4.78 is 0. The molecule has 1 N–H and O–H groups in total. The second-order valence-corrected chi connectivity index (χ2v) is 11.0. The highest BCUT2D eigenvalue weighted by Crippen LogP contribution is 2.42. The lowest BCUT2D eigenvalue weighted by atomic mass is 9.77. The molecule has 37 heavy (non-hydrogen) atoms. The molecule has 1 atom stereocenters. The van der Waals surface area contributed by atoms with E-state index in [2.05, 4.69) is 13.8 Å². The Morgan fingerprint density at radius 2 is 1.54 bits per heavy atom. The Morgan fingerprint density at radius 3 is 2.08 bits per heavy atom. The highest BCUT2D eigenvalue weighted by atomic mass is 16.2. The monoisotopic (exact) mass is 501 g/mol. The SMILES string of the molecule is CCCCC1(CCCC)CC(=N)N(CCC2CCN(C(=O)C(c3ccccc3)c3ccccc3)C2)C1=O. The van der Waals surface area contributed by atoms with Crippen LogP contribution in [-0.4, -0.2) is 47.1 Å². The number of carbonyl (C=O) groups excluding carboxylic acids is 2. The normalized spacial score (nSPS) is 19.3. The molecule has 0 saturated carbocycles. The molecule has 198 valence electrons. The lowest BCUT2D eigenvalue weighted by Gasteiger charge is -2.27. The molecule has 0 radical (unpaired) electrons. The number of hydrogen-bond acceptors (Lipinski definition) is 3. The number of nitrogens with one attached hydrogen (secondary N) is 1. The first kappa shape index (κ1) is 27.1. The molecule has 2 aromatic rings. The summed E-state index contributed by atoms with van der Waals surface area (Å²) in [6, 6.07) is 20.1. The van der Waals surface area contributed by atoms with Crippen LogP contribution in [0.5, 0.6) is 0 Å². The zero-order chi connectivity index (χ0) is 26.3. The van der Waals surface area contributed by atoms with Crippen molar-refractivity contribution in [1.29, 1.82) is 5.41 Å². The quantitative estimate of drug-likeness (QED) is 0.355. The molecule has 0 spiro atoms. The number of amides is 2. The molecule has 4 rings (SSSR count). The smallest absolute Gasteiger partial charge is 0.234 e. The number of rotatable bonds is 12. The summed E-state index contributed by atoms with van der Waals surface area (Å²) in [4.78, 5) is 31.1. The van der Waals surface area contributed by atoms with Crippen LogP contribution < -0.4 is 0 Å². The first-order chi connectivity index (χ1) is 18.0. The van der Waals surface area contributed by atoms with Crippen LogP contribution in [0, 0.1) is 16.7 Å². The lowest BCUT2D eigenvalue weighted by molar-refractivity contribution is -0.136. The Labute approximate surface area is 222 Å². The average Bonchev–Trinajstić information content (AvgIpc) is 3.49. The number of carbonyl (C=O) groups is 2. The molecule has 5 nitrogen and oxygen atoms in total. The minimum Gasteiger partial charge on any atom is -0.342 e. The number of amidine groups is 1. The van der Waals surface area contributed by atoms with Crippen molar-refractivity contribution in [2.75, 3.05) is 19.6 Å². The molecule has 0 aromatic heterocycles. The van der Waals surface area contributed by atoms with Crippen LogP contribution in [0.2, 0.25) is 0 Å². The van der Waals surface area contributed by atoms with Gasteiger partial charge < -0.3 is 9.80 Å². The van der Waals surface area contributed by atoms with E-state index in [1.807, 2.05) is 65.6 Å². The number of unbranched alkanes of at least 4 members (excludes halogenated alkanes) is 2. The summed E-state index contributed by atoms with van der Waals surface area (Å²) in [6.45, 7) is 6.42. The van der Waals surface area contributed by atoms with Crippen molar-refractivity contribution in [2.24, 2.45) is 11.3 Å². The van der Waals surface area contributed by atoms with Crippen molar-refractivity contribution in [2.45, 2.75) is 77.6 Å². The largest absolute Gasteiger partial charge is 0.342 e. The molecule has 2 saturated heterocycles. The molecule has 2 aliphatic rings. The third kappa shape index (κ3) is 6.14. The van der Waals surface area contributed by atoms with E-state index < -0.39 is 0 Å². The highest BCUT2D eigenvalue weighted by molar-refractivity contribution is 6.07. The molecule has 5 heteroatoms. The molecule has 1 unspecified atom stereocenters. The van der Waals surface area contributed by atoms with Crippen LogP contribution in [0.15, 0.2) is 60.7 Å². The van der Waals surface area contributed by atoms with E-state index in [4.69, 9.17) is 5.41 Å². The summed E-state index contributed by atoms with van der Waals surface area (Å²) in [5.41, 5.74) is 1.68. The Morgan fingerprint density at radius 1 is 0.973 bits per heavy atom. The highest BCUT2D eigenvalue weighted by Gasteiger charge is 2.48. The fourth-order valence-electron chi connectivity index (χ4n) is 6.21. The van der Waals surface area contributed by atoms with Crippen LogP contribution in [0.3, 0.4) is 0 Å². The van der Waals surface area contributed by atoms with Gasteiger partial charge in [0, 0.05) is 26.1 Å². The molecule has 0 aliphatic carbocycles. The van der Waals surface area contributed by atoms with Crippen LogP contribution in [0.25, 0.3) is 0 Å². The minimum absolute atomic E-state index is 0.156. The molecular weight excluding hydrogens is 458 g/mol. The Kier molecular flexibility index (Phi) is 9.18. The maximum absolute atomic E-state index is 13.8. The first-order valence-corrected chi connectivity index (χ1v) is 14.3. The Bertz CT molecular complexity index is 1000. The van der Waals surface area contributed by atoms with Gasteiger partial charge in [-0.05, 0) is 42.7 Å². The Hall–Kier alpha value is -2.95. The second kappa shape index (κ2) is 12.5. The van der Waals surface area contributed by atoms with Gasteiger partial charge in [0.25, 0.3) is 0 Å². The summed E-state index contributed by atoms with van der Waals surface area (Å²) >= 11 is 0. The van der Waals surface area contributed by atoms with Crippen molar-refractivity contribution < 1.29 is 9.59 Å². The van der Waals surface area contributed by atoms with E-state index in [9.17, 15) is 9.59 Å². The van der Waals surface area contributed by atoms with Crippen LogP contribution >= 0.6 is 0 Å². The topological polar surface area (TPSA) is 64.5 Å². The van der Waals surface area contributed by atoms with Gasteiger partial charge in [0.15, 0.2) is 0 Å². The van der Waals surface area contributed by atoms with E-state index in [1.165, 1.54) is 0 Å². The minimum atomic E-state index is -0.362. The standard InChI is InChI=1S/C32H43N3O2/c1-3-5-19-32(20-6-4-2)23-28(33)35(31(32)37)22-18-25-17-21-34(24-25)30(36)29(26-13-9-7-10-14-26)27-15-11-8-12-16-27/h7-16,25,29,33H,3-6,17-24H2,1-2H3. The second-order valence-electron chi connectivity index (χ2n) is 11.0. The maximum atomic E-state index is 13.8. The van der Waals surface area contributed by atoms with Gasteiger partial charge in [-0.3, -0.25) is 15.0 Å². The van der Waals surface area contributed by atoms with Gasteiger partial charge >= 0.3 is 0 Å². The number of hydrogen-bond donors (Lipinski definition) is 1. The molecule has 0 bridgehead atoms. The summed E-state index contributed by atoms with van der Waals surface area (Å²) in [6.07, 6.45) is 8.42. The molecule has 2 aliphatic heterocycles. The van der Waals surface area contributed by atoms with Gasteiger partial charge in [-0.1, -0.05) is 100 Å². The van der Waals surface area contributed by atoms with Gasteiger partial charge in [0.05, 0.1) is 11.3 Å². The fourth-order valence-corrected chi connectivity index (χ4v) is 6.21. The summed E-state index contributed by atoms with van der Waals surface area (Å²) in [5, 5.41) is 8.63. The zero-order valence-electron chi connectivity index (χ0n) is 22.6. The third-order valence-electron chi connectivity index (χ3n) is 8.42. The first-order valence-electron chi connectivity index (χ1n) is 14.3. The number of benzene rings is 2. The van der Waals surface area contributed by atoms with Crippen molar-refractivity contribution >= 4 is 17.6 Å². The number of nitrogens with zero attached hydrogens (tertiary/aromatic N) is 2. The fraction of sp³-hybridized carbons (Fsp3) is 0.531. The molecule has 2 amide bonds. The van der Waals surface area contributed by atoms with Gasteiger partial charge in [0.2, 0.25) is 11.8 Å². The van der Waals surface area contributed by atoms with Crippen molar-refractivity contribution in [1.82, 2.24) is 9.80 Å². The zero-order valence-corrected chi connectivity index (χ0v) is 22.6. The maximum Gasteiger partial charge on any atom is 0.234 e. The predicted molar refractivity (Wildman–Crippen MR) is 150 cm³/mol. The van der Waals surface area contributed by atoms with Crippen molar-refractivity contribution in [3.05, 3.63) is 71.8 Å². The molecule has 2 fully saturated rings. The van der Waals surface area contributed by atoms with Crippen molar-refractivity contribution in [3.8, 4) is 0 Å². The van der Waals surface area contributed by atoms with Crippen LogP contribution in [0.1, 0.15) is 88.7 Å². The third-order valence-corrected chi connectivity index (χ3v) is 8.42. The van der Waals surface area contributed by atoms with Gasteiger partial charge in [-0.15, -0.1) is 0 Å². The number of likely N-dealkylation sites (tertiary alicyclic amines) is 2. The predicted octanol–water partition coefficient (Wildman–Crippen LogP) is 6.63. The van der Waals surface area contributed by atoms with E-state index in [1.54, 1.807) is 4.90 Å². The van der Waals surface area contributed by atoms with Gasteiger partial charge in [-0.2, -0.15) is 0 Å². The molecule has 2 aromatic carbocycles. The van der Waals surface area contributed by atoms with Gasteiger partial charge in [0.1, 0.15) is 5.84 Å². The molecule has 2 heterocycles. The summed E-state index contributed by atoms with van der Waals surface area (Å²) in [7, 11) is 0. The Balaban J connectivity index is 1.39. The van der Waals surface area contributed by atoms with Crippen LogP contribution in [0.4, 0.5) is 0 Å². The van der Waals surface area contributed by atoms with E-state index >= 15 is 0 Å². The van der Waals surface area contributed by atoms with E-state index in [-0.39, 0.29) is 23.1 Å². The van der Waals surface area contributed by atoms with E-state index in [0.29, 0.717) is 24.7 Å². The summed E-state index contributed by atoms with van der Waals surface area (Å²) in [5.74, 6) is 0.892. The van der Waals surface area contributed by atoms with Gasteiger partial charge in [-0.25, -0.2) is 0 Å². The van der Waals surface area contributed by atoms with E-state index in [0.717, 1.165) is 75.6 Å². The van der Waals surface area contributed by atoms with Crippen LogP contribution in [-0.2, 0) is 9.59 Å². The molecular formula is C32H43N3O2.